The lowest BCUT2D eigenvalue weighted by Crippen LogP contribution is -2.17. The van der Waals surface area contributed by atoms with Crippen molar-refractivity contribution in [3.05, 3.63) is 107 Å². The van der Waals surface area contributed by atoms with Gasteiger partial charge >= 0.3 is 0 Å². The Labute approximate surface area is 238 Å². The lowest BCUT2D eigenvalue weighted by Gasteiger charge is -2.10. The highest BCUT2D eigenvalue weighted by atomic mass is 32.2. The summed E-state index contributed by atoms with van der Waals surface area (Å²) in [5.74, 6) is -2.66. The molecule has 208 valence electrons. The summed E-state index contributed by atoms with van der Waals surface area (Å²) in [5, 5.41) is 10.8. The standard InChI is InChI=1S/C28H22F2N6O3S2/c29-21-8-3-9-22(30)24(21)27(37)34-20-7-2-5-18(15-20)25-26(40-16-33-25)23-10-12-32-28(36-23)35-19-6-1-4-17(14-19)11-13-41(31,38)39/h1-10,12,14-16H,11,13H2,(H,34,37)(H2,31,38,39)(H,32,35,36). The zero-order chi connectivity index (χ0) is 29.0. The normalized spacial score (nSPS) is 11.3. The number of hydrogen-bond acceptors (Lipinski definition) is 8. The van der Waals surface area contributed by atoms with Crippen LogP contribution in [0.15, 0.2) is 84.5 Å². The smallest absolute Gasteiger partial charge is 0.261 e. The molecule has 4 N–H and O–H groups in total. The molecular formula is C28H22F2N6O3S2. The molecule has 0 spiro atoms. The van der Waals surface area contributed by atoms with E-state index < -0.39 is 33.1 Å². The Kier molecular flexibility index (Phi) is 8.10. The van der Waals surface area contributed by atoms with Crippen LogP contribution < -0.4 is 15.8 Å². The largest absolute Gasteiger partial charge is 0.324 e. The molecule has 0 atom stereocenters. The van der Waals surface area contributed by atoms with Crippen molar-refractivity contribution in [3.63, 3.8) is 0 Å². The maximum atomic E-state index is 14.1. The summed E-state index contributed by atoms with van der Waals surface area (Å²) in [4.78, 5) is 26.7. The van der Waals surface area contributed by atoms with Gasteiger partial charge in [-0.3, -0.25) is 4.79 Å². The molecule has 0 bridgehead atoms. The first kappa shape index (κ1) is 28.0. The van der Waals surface area contributed by atoms with Gasteiger partial charge in [-0.15, -0.1) is 11.3 Å². The van der Waals surface area contributed by atoms with Crippen molar-refractivity contribution >= 4 is 44.6 Å². The minimum Gasteiger partial charge on any atom is -0.324 e. The van der Waals surface area contributed by atoms with E-state index in [0.717, 1.165) is 22.6 Å². The molecule has 3 aromatic carbocycles. The minimum absolute atomic E-state index is 0.165. The van der Waals surface area contributed by atoms with Crippen LogP contribution in [0.2, 0.25) is 0 Å². The molecule has 9 nitrogen and oxygen atoms in total. The fourth-order valence-corrected chi connectivity index (χ4v) is 5.33. The highest BCUT2D eigenvalue weighted by Crippen LogP contribution is 2.35. The number of amides is 1. The van der Waals surface area contributed by atoms with Crippen LogP contribution in [0.4, 0.5) is 26.1 Å². The number of aryl methyl sites for hydroxylation is 1. The molecule has 0 aliphatic heterocycles. The van der Waals surface area contributed by atoms with Crippen LogP contribution in [0.25, 0.3) is 21.8 Å². The van der Waals surface area contributed by atoms with E-state index in [4.69, 9.17) is 5.14 Å². The second-order valence-corrected chi connectivity index (χ2v) is 11.5. The van der Waals surface area contributed by atoms with E-state index in [2.05, 4.69) is 25.6 Å². The Bertz CT molecular complexity index is 1830. The van der Waals surface area contributed by atoms with Gasteiger partial charge in [-0.1, -0.05) is 30.3 Å². The van der Waals surface area contributed by atoms with Gasteiger partial charge in [0.25, 0.3) is 5.91 Å². The Morgan fingerprint density at radius 1 is 0.927 bits per heavy atom. The monoisotopic (exact) mass is 592 g/mol. The van der Waals surface area contributed by atoms with Gasteiger partial charge in [0.05, 0.1) is 27.5 Å². The van der Waals surface area contributed by atoms with Gasteiger partial charge in [0.15, 0.2) is 0 Å². The van der Waals surface area contributed by atoms with Gasteiger partial charge in [0, 0.05) is 23.1 Å². The van der Waals surface area contributed by atoms with E-state index in [1.807, 2.05) is 6.07 Å². The third-order valence-corrected chi connectivity index (χ3v) is 7.52. The van der Waals surface area contributed by atoms with Crippen LogP contribution in [0.3, 0.4) is 0 Å². The van der Waals surface area contributed by atoms with Crippen LogP contribution in [0.5, 0.6) is 0 Å². The highest BCUT2D eigenvalue weighted by molar-refractivity contribution is 7.89. The maximum Gasteiger partial charge on any atom is 0.261 e. The third kappa shape index (κ3) is 6.95. The average molecular weight is 593 g/mol. The number of halogens is 2. The van der Waals surface area contributed by atoms with Crippen molar-refractivity contribution in [2.45, 2.75) is 6.42 Å². The van der Waals surface area contributed by atoms with Gasteiger partial charge in [-0.25, -0.2) is 37.3 Å². The minimum atomic E-state index is -3.58. The van der Waals surface area contributed by atoms with Gasteiger partial charge in [-0.05, 0) is 54.4 Å². The first-order valence-corrected chi connectivity index (χ1v) is 14.7. The molecular weight excluding hydrogens is 570 g/mol. The number of rotatable bonds is 9. The molecule has 1 amide bonds. The fraction of sp³-hybridized carbons (Fsp3) is 0.0714. The van der Waals surface area contributed by atoms with E-state index in [1.165, 1.54) is 17.4 Å². The van der Waals surface area contributed by atoms with E-state index in [1.54, 1.807) is 60.2 Å². The molecule has 0 aliphatic rings. The molecule has 13 heteroatoms. The Morgan fingerprint density at radius 3 is 2.44 bits per heavy atom. The Balaban J connectivity index is 1.36. The molecule has 41 heavy (non-hydrogen) atoms. The predicted molar refractivity (Wildman–Crippen MR) is 154 cm³/mol. The number of nitrogens with zero attached hydrogens (tertiary/aromatic N) is 3. The molecule has 0 fully saturated rings. The Hall–Kier alpha value is -4.59. The second-order valence-electron chi connectivity index (χ2n) is 8.87. The summed E-state index contributed by atoms with van der Waals surface area (Å²) in [6, 6.07) is 18.9. The van der Waals surface area contributed by atoms with Crippen LogP contribution in [-0.4, -0.2) is 35.0 Å². The molecule has 0 aliphatic carbocycles. The quantitative estimate of drug-likeness (QED) is 0.209. The summed E-state index contributed by atoms with van der Waals surface area (Å²) in [6.45, 7) is 0. The number of carbonyl (C=O) groups excluding carboxylic acids is 1. The molecule has 0 radical (unpaired) electrons. The van der Waals surface area contributed by atoms with E-state index in [0.29, 0.717) is 34.3 Å². The fourth-order valence-electron chi connectivity index (χ4n) is 4.03. The lowest BCUT2D eigenvalue weighted by atomic mass is 10.1. The first-order valence-electron chi connectivity index (χ1n) is 12.2. The van der Waals surface area contributed by atoms with E-state index in [-0.39, 0.29) is 12.2 Å². The number of nitrogens with two attached hydrogens (primary N) is 1. The third-order valence-electron chi connectivity index (χ3n) is 5.90. The second kappa shape index (κ2) is 11.9. The van der Waals surface area contributed by atoms with Crippen LogP contribution in [0.1, 0.15) is 15.9 Å². The number of sulfonamides is 1. The number of thiazole rings is 1. The number of anilines is 3. The number of hydrogen-bond donors (Lipinski definition) is 3. The maximum absolute atomic E-state index is 14.1. The van der Waals surface area contributed by atoms with Crippen molar-refractivity contribution < 1.29 is 22.0 Å². The highest BCUT2D eigenvalue weighted by Gasteiger charge is 2.18. The molecule has 2 aromatic heterocycles. The van der Waals surface area contributed by atoms with Crippen LogP contribution >= 0.6 is 11.3 Å². The summed E-state index contributed by atoms with van der Waals surface area (Å²) >= 11 is 1.36. The summed E-state index contributed by atoms with van der Waals surface area (Å²) in [6.07, 6.45) is 1.87. The average Bonchev–Trinajstić information content (AvgIpc) is 3.42. The molecule has 0 saturated heterocycles. The van der Waals surface area contributed by atoms with Crippen LogP contribution in [0, 0.1) is 11.6 Å². The lowest BCUT2D eigenvalue weighted by molar-refractivity contribution is 0.101. The van der Waals surface area contributed by atoms with E-state index in [9.17, 15) is 22.0 Å². The summed E-state index contributed by atoms with van der Waals surface area (Å²) < 4.78 is 50.7. The number of carbonyl (C=O) groups is 1. The van der Waals surface area contributed by atoms with Crippen molar-refractivity contribution in [2.24, 2.45) is 5.14 Å². The molecule has 5 rings (SSSR count). The van der Waals surface area contributed by atoms with Crippen molar-refractivity contribution in [1.29, 1.82) is 0 Å². The molecule has 0 saturated carbocycles. The van der Waals surface area contributed by atoms with Crippen LogP contribution in [-0.2, 0) is 16.4 Å². The van der Waals surface area contributed by atoms with Gasteiger partial charge < -0.3 is 10.6 Å². The van der Waals surface area contributed by atoms with Gasteiger partial charge in [-0.2, -0.15) is 0 Å². The molecule has 5 aromatic rings. The SMILES string of the molecule is NS(=O)(=O)CCc1cccc(Nc2nccc(-c3scnc3-c3cccc(NC(=O)c4c(F)cccc4F)c3)n2)c1. The summed E-state index contributed by atoms with van der Waals surface area (Å²) in [5.41, 5.74) is 4.64. The van der Waals surface area contributed by atoms with Crippen molar-refractivity contribution in [2.75, 3.05) is 16.4 Å². The number of benzene rings is 3. The van der Waals surface area contributed by atoms with Crippen molar-refractivity contribution in [1.82, 2.24) is 15.0 Å². The summed E-state index contributed by atoms with van der Waals surface area (Å²) in [7, 11) is -3.58. The van der Waals surface area contributed by atoms with Crippen molar-refractivity contribution in [3.8, 4) is 21.8 Å². The number of nitrogens with one attached hydrogen (secondary N) is 2. The van der Waals surface area contributed by atoms with Gasteiger partial charge in [0.2, 0.25) is 16.0 Å². The van der Waals surface area contributed by atoms with E-state index >= 15 is 0 Å². The molecule has 0 unspecified atom stereocenters. The predicted octanol–water partition coefficient (Wildman–Crippen LogP) is 5.37. The Morgan fingerprint density at radius 2 is 1.66 bits per heavy atom. The first-order chi connectivity index (χ1) is 19.7. The number of primary sulfonamides is 1. The zero-order valence-corrected chi connectivity index (χ0v) is 22.8. The number of aromatic nitrogens is 3. The topological polar surface area (TPSA) is 140 Å². The zero-order valence-electron chi connectivity index (χ0n) is 21.2. The van der Waals surface area contributed by atoms with Gasteiger partial charge in [0.1, 0.15) is 17.2 Å². The molecule has 2 heterocycles.